The maximum atomic E-state index is 10.9. The fourth-order valence-electron chi connectivity index (χ4n) is 9.39. The van der Waals surface area contributed by atoms with Gasteiger partial charge in [-0.1, -0.05) is 270 Å². The lowest BCUT2D eigenvalue weighted by molar-refractivity contribution is 0.235. The average Bonchev–Trinajstić information content (AvgIpc) is 3.39. The third-order valence-electron chi connectivity index (χ3n) is 13.6. The third kappa shape index (κ3) is 9.69. The zero-order chi connectivity index (χ0) is 45.1. The summed E-state index contributed by atoms with van der Waals surface area (Å²) in [5, 5.41) is 21.7. The second-order valence-corrected chi connectivity index (χ2v) is 16.8. The predicted molar refractivity (Wildman–Crippen MR) is 267 cm³/mol. The molecule has 8 rings (SSSR count). The molecule has 0 fully saturated rings. The minimum Gasteiger partial charge on any atom is -0.197 e. The molecule has 0 saturated carbocycles. The second-order valence-electron chi connectivity index (χ2n) is 16.8. The molecule has 0 aliphatic rings. The maximum Gasteiger partial charge on any atom is 0.134 e. The summed E-state index contributed by atoms with van der Waals surface area (Å²) in [6, 6.07) is 87.0. The van der Waals surface area contributed by atoms with Gasteiger partial charge in [0.15, 0.2) is 0 Å². The third-order valence-corrected chi connectivity index (χ3v) is 13.6. The molecular formula is C62H60N2. The largest absolute Gasteiger partial charge is 0.197 e. The van der Waals surface area contributed by atoms with Gasteiger partial charge < -0.3 is 0 Å². The van der Waals surface area contributed by atoms with Crippen molar-refractivity contribution in [3.8, 4) is 12.1 Å². The van der Waals surface area contributed by atoms with Crippen LogP contribution in [0.4, 0.5) is 0 Å². The Morgan fingerprint density at radius 3 is 0.672 bits per heavy atom. The highest BCUT2D eigenvalue weighted by molar-refractivity contribution is 5.63. The van der Waals surface area contributed by atoms with Crippen LogP contribution >= 0.6 is 0 Å². The number of hydrogen-bond acceptors (Lipinski definition) is 2. The van der Waals surface area contributed by atoms with Gasteiger partial charge in [-0.05, 0) is 70.2 Å². The quantitative estimate of drug-likeness (QED) is 0.116. The monoisotopic (exact) mass is 832 g/mol. The Morgan fingerprint density at radius 1 is 0.297 bits per heavy atom. The van der Waals surface area contributed by atoms with E-state index in [0.29, 0.717) is 0 Å². The predicted octanol–water partition coefficient (Wildman–Crippen LogP) is 15.2. The first-order chi connectivity index (χ1) is 31.3. The van der Waals surface area contributed by atoms with Crippen LogP contribution in [0.2, 0.25) is 0 Å². The Hall–Kier alpha value is -7.26. The molecular weight excluding hydrogens is 773 g/mol. The average molecular weight is 833 g/mol. The van der Waals surface area contributed by atoms with Gasteiger partial charge in [-0.15, -0.1) is 0 Å². The first kappa shape index (κ1) is 46.2. The minimum absolute atomic E-state index is 0.143. The Labute approximate surface area is 383 Å². The molecule has 0 amide bonds. The second kappa shape index (κ2) is 22.2. The number of hydrogen-bond donors (Lipinski definition) is 0. The Balaban J connectivity index is 0.000000172. The Bertz CT molecular complexity index is 2370. The van der Waals surface area contributed by atoms with Crippen LogP contribution in [0.15, 0.2) is 243 Å². The molecule has 8 aromatic rings. The summed E-state index contributed by atoms with van der Waals surface area (Å²) >= 11 is 0. The van der Waals surface area contributed by atoms with Crippen LogP contribution < -0.4 is 0 Å². The SMILES string of the molecule is CCC(C)(c1ccccc1)C(C)(CC)c1ccccc1.N#CC(c1ccccc1)(c1ccccc1)C(C#N)(c1ccccc1)c1ccccc1.c1ccc(CCc2ccccc2)cc1. The molecule has 0 heterocycles. The lowest BCUT2D eigenvalue weighted by Crippen LogP contribution is -2.49. The fourth-order valence-corrected chi connectivity index (χ4v) is 9.39. The summed E-state index contributed by atoms with van der Waals surface area (Å²) in [6.07, 6.45) is 4.53. The van der Waals surface area contributed by atoms with Crippen molar-refractivity contribution in [2.75, 3.05) is 0 Å². The lowest BCUT2D eigenvalue weighted by atomic mass is 9.53. The van der Waals surface area contributed by atoms with Crippen LogP contribution in [0.25, 0.3) is 0 Å². The van der Waals surface area contributed by atoms with E-state index in [4.69, 9.17) is 0 Å². The van der Waals surface area contributed by atoms with Crippen LogP contribution in [0, 0.1) is 22.7 Å². The summed E-state index contributed by atoms with van der Waals surface area (Å²) in [6.45, 7) is 9.45. The first-order valence-corrected chi connectivity index (χ1v) is 22.6. The van der Waals surface area contributed by atoms with Crippen molar-refractivity contribution in [2.24, 2.45) is 0 Å². The first-order valence-electron chi connectivity index (χ1n) is 22.6. The van der Waals surface area contributed by atoms with Crippen LogP contribution in [0.3, 0.4) is 0 Å². The molecule has 318 valence electrons. The minimum atomic E-state index is -1.26. The number of nitrogens with zero attached hydrogens (tertiary/aromatic N) is 2. The normalized spacial score (nSPS) is 12.8. The van der Waals surface area contributed by atoms with Crippen LogP contribution in [0.1, 0.15) is 85.0 Å². The van der Waals surface area contributed by atoms with E-state index in [0.717, 1.165) is 47.9 Å². The van der Waals surface area contributed by atoms with Gasteiger partial charge in [0, 0.05) is 10.8 Å². The van der Waals surface area contributed by atoms with E-state index in [9.17, 15) is 10.5 Å². The smallest absolute Gasteiger partial charge is 0.134 e. The van der Waals surface area contributed by atoms with E-state index in [1.165, 1.54) is 22.3 Å². The van der Waals surface area contributed by atoms with Crippen LogP contribution in [-0.2, 0) is 34.5 Å². The number of rotatable bonds is 13. The molecule has 64 heavy (non-hydrogen) atoms. The standard InChI is InChI=1S/C28H20N2.C20H26.C14H14/c29-21-27(23-13-5-1-6-14-23,24-15-7-2-8-16-24)28(22-30,25-17-9-3-10-18-25)26-19-11-4-12-20-26;1-5-19(3,17-13-9-7-10-14-17)20(4,6-2)18-15-11-8-12-16-18;1-3-7-13(8-4-1)11-12-14-9-5-2-6-10-14/h1-20H;7-16H,5-6H2,1-4H3;1-10H,11-12H2. The zero-order valence-corrected chi connectivity index (χ0v) is 37.8. The molecule has 0 radical (unpaired) electrons. The van der Waals surface area contributed by atoms with Gasteiger partial charge in [-0.25, -0.2) is 0 Å². The summed E-state index contributed by atoms with van der Waals surface area (Å²) in [7, 11) is 0. The molecule has 0 bridgehead atoms. The molecule has 8 aromatic carbocycles. The highest BCUT2D eigenvalue weighted by Crippen LogP contribution is 2.52. The van der Waals surface area contributed by atoms with Gasteiger partial charge in [0.25, 0.3) is 0 Å². The highest BCUT2D eigenvalue weighted by Gasteiger charge is 2.57. The van der Waals surface area contributed by atoms with E-state index in [-0.39, 0.29) is 10.8 Å². The molecule has 2 heteroatoms. The topological polar surface area (TPSA) is 47.6 Å². The zero-order valence-electron chi connectivity index (χ0n) is 37.8. The van der Waals surface area contributed by atoms with Crippen molar-refractivity contribution in [3.63, 3.8) is 0 Å². The summed E-state index contributed by atoms with van der Waals surface area (Å²) < 4.78 is 0. The van der Waals surface area contributed by atoms with Gasteiger partial charge in [-0.3, -0.25) is 0 Å². The molecule has 0 aliphatic heterocycles. The van der Waals surface area contributed by atoms with E-state index >= 15 is 0 Å². The summed E-state index contributed by atoms with van der Waals surface area (Å²) in [5.41, 5.74) is 6.62. The maximum absolute atomic E-state index is 10.9. The van der Waals surface area contributed by atoms with Crippen molar-refractivity contribution in [2.45, 2.75) is 75.0 Å². The molecule has 0 N–H and O–H groups in total. The van der Waals surface area contributed by atoms with Crippen molar-refractivity contribution in [3.05, 3.63) is 287 Å². The van der Waals surface area contributed by atoms with Gasteiger partial charge >= 0.3 is 0 Å². The number of benzene rings is 8. The fraction of sp³-hybridized carbons (Fsp3) is 0.194. The van der Waals surface area contributed by atoms with Gasteiger partial charge in [-0.2, -0.15) is 10.5 Å². The Kier molecular flexibility index (Phi) is 16.0. The molecule has 0 aromatic heterocycles. The van der Waals surface area contributed by atoms with Crippen molar-refractivity contribution in [1.29, 1.82) is 10.5 Å². The van der Waals surface area contributed by atoms with E-state index in [1.54, 1.807) is 0 Å². The summed E-state index contributed by atoms with van der Waals surface area (Å²) in [5.74, 6) is 0. The molecule has 2 atom stereocenters. The van der Waals surface area contributed by atoms with Gasteiger partial charge in [0.2, 0.25) is 0 Å². The summed E-state index contributed by atoms with van der Waals surface area (Å²) in [4.78, 5) is 0. The van der Waals surface area contributed by atoms with E-state index in [1.807, 2.05) is 121 Å². The van der Waals surface area contributed by atoms with Gasteiger partial charge in [0.1, 0.15) is 10.8 Å². The molecule has 0 aliphatic carbocycles. The highest BCUT2D eigenvalue weighted by atomic mass is 14.6. The number of nitriles is 2. The molecule has 0 saturated heterocycles. The lowest BCUT2D eigenvalue weighted by Gasteiger charge is -2.47. The van der Waals surface area contributed by atoms with Crippen molar-refractivity contribution >= 4 is 0 Å². The van der Waals surface area contributed by atoms with Crippen molar-refractivity contribution in [1.82, 2.24) is 0 Å². The Morgan fingerprint density at radius 2 is 0.484 bits per heavy atom. The van der Waals surface area contributed by atoms with E-state index in [2.05, 4.69) is 161 Å². The molecule has 2 unspecified atom stereocenters. The van der Waals surface area contributed by atoms with Crippen LogP contribution in [0.5, 0.6) is 0 Å². The number of aryl methyl sites for hydroxylation is 2. The van der Waals surface area contributed by atoms with E-state index < -0.39 is 10.8 Å². The van der Waals surface area contributed by atoms with Crippen molar-refractivity contribution < 1.29 is 0 Å². The van der Waals surface area contributed by atoms with Gasteiger partial charge in [0.05, 0.1) is 12.1 Å². The molecule has 0 spiro atoms. The molecule has 2 nitrogen and oxygen atoms in total. The van der Waals surface area contributed by atoms with Crippen LogP contribution in [-0.4, -0.2) is 0 Å².